The first kappa shape index (κ1) is 11.5. The smallest absolute Gasteiger partial charge is 0.311 e. The number of hydrogen-bond acceptors (Lipinski definition) is 4. The number of carbonyl (C=O) groups is 1. The molecule has 14 heavy (non-hydrogen) atoms. The first-order chi connectivity index (χ1) is 6.55. The van der Waals surface area contributed by atoms with Crippen molar-refractivity contribution in [2.24, 2.45) is 11.1 Å². The molecule has 0 bridgehead atoms. The number of rotatable bonds is 3. The summed E-state index contributed by atoms with van der Waals surface area (Å²) in [4.78, 5) is 11.6. The van der Waals surface area contributed by atoms with Crippen molar-refractivity contribution in [3.05, 3.63) is 0 Å². The van der Waals surface area contributed by atoms with Gasteiger partial charge in [-0.05, 0) is 19.3 Å². The zero-order chi connectivity index (χ0) is 10.8. The molecule has 0 aromatic rings. The molecule has 0 aromatic heterocycles. The van der Waals surface area contributed by atoms with Crippen molar-refractivity contribution in [3.63, 3.8) is 0 Å². The van der Waals surface area contributed by atoms with E-state index in [1.807, 2.05) is 6.92 Å². The molecule has 0 heterocycles. The Hall–Kier alpha value is -0.610. The lowest BCUT2D eigenvalue weighted by molar-refractivity contribution is -0.153. The summed E-state index contributed by atoms with van der Waals surface area (Å²) in [6.07, 6.45) is 2.04. The lowest BCUT2D eigenvalue weighted by Crippen LogP contribution is -2.31. The van der Waals surface area contributed by atoms with Crippen LogP contribution in [-0.4, -0.2) is 30.3 Å². The Morgan fingerprint density at radius 3 is 2.64 bits per heavy atom. The summed E-state index contributed by atoms with van der Waals surface area (Å²) in [5.41, 5.74) is 5.18. The molecule has 1 rings (SSSR count). The van der Waals surface area contributed by atoms with E-state index in [0.29, 0.717) is 12.8 Å². The number of carbonyl (C=O) groups excluding carboxylic acids is 1. The van der Waals surface area contributed by atoms with E-state index in [2.05, 4.69) is 0 Å². The molecule has 4 heteroatoms. The first-order valence-electron chi connectivity index (χ1n) is 5.08. The highest BCUT2D eigenvalue weighted by Crippen LogP contribution is 2.42. The van der Waals surface area contributed by atoms with Gasteiger partial charge in [-0.2, -0.15) is 0 Å². The summed E-state index contributed by atoms with van der Waals surface area (Å²) >= 11 is 0. The van der Waals surface area contributed by atoms with Crippen LogP contribution in [0.2, 0.25) is 0 Å². The Balaban J connectivity index is 2.79. The standard InChI is InChI=1S/C10H19NO3/c1-3-4-10(9(13)14-2)5-7(11)8(12)6-10/h7-8,12H,3-6,11H2,1-2H3/t7-,8+,10-/m0/s1. The molecular weight excluding hydrogens is 182 g/mol. The van der Waals surface area contributed by atoms with E-state index >= 15 is 0 Å². The van der Waals surface area contributed by atoms with Gasteiger partial charge in [0.05, 0.1) is 18.6 Å². The molecule has 0 aromatic carbocycles. The summed E-state index contributed by atoms with van der Waals surface area (Å²) in [7, 11) is 1.38. The predicted molar refractivity (Wildman–Crippen MR) is 52.6 cm³/mol. The summed E-state index contributed by atoms with van der Waals surface area (Å²) in [5, 5.41) is 9.57. The SMILES string of the molecule is CCC[C@@]1(C(=O)OC)C[C@@H](O)[C@@H](N)C1. The van der Waals surface area contributed by atoms with Crippen LogP contribution in [0.4, 0.5) is 0 Å². The van der Waals surface area contributed by atoms with Gasteiger partial charge in [-0.15, -0.1) is 0 Å². The molecule has 0 saturated heterocycles. The van der Waals surface area contributed by atoms with Crippen LogP contribution in [0.25, 0.3) is 0 Å². The molecule has 0 spiro atoms. The van der Waals surface area contributed by atoms with Crippen LogP contribution in [0.3, 0.4) is 0 Å². The van der Waals surface area contributed by atoms with Gasteiger partial charge in [0.2, 0.25) is 0 Å². The van der Waals surface area contributed by atoms with Gasteiger partial charge in [0, 0.05) is 6.04 Å². The second-order valence-electron chi connectivity index (χ2n) is 4.16. The van der Waals surface area contributed by atoms with Crippen LogP contribution >= 0.6 is 0 Å². The third-order valence-electron chi connectivity index (χ3n) is 3.07. The van der Waals surface area contributed by atoms with Gasteiger partial charge in [0.15, 0.2) is 0 Å². The van der Waals surface area contributed by atoms with Crippen LogP contribution in [-0.2, 0) is 9.53 Å². The maximum absolute atomic E-state index is 11.6. The zero-order valence-corrected chi connectivity index (χ0v) is 8.82. The average Bonchev–Trinajstić information content (AvgIpc) is 2.43. The quantitative estimate of drug-likeness (QED) is 0.649. The van der Waals surface area contributed by atoms with Gasteiger partial charge < -0.3 is 15.6 Å². The van der Waals surface area contributed by atoms with E-state index < -0.39 is 11.5 Å². The Labute approximate surface area is 84.4 Å². The van der Waals surface area contributed by atoms with E-state index in [1.54, 1.807) is 0 Å². The predicted octanol–water partition coefficient (Wildman–Crippen LogP) is 0.428. The minimum atomic E-state index is -0.569. The fraction of sp³-hybridized carbons (Fsp3) is 0.900. The van der Waals surface area contributed by atoms with E-state index in [9.17, 15) is 9.90 Å². The topological polar surface area (TPSA) is 72.5 Å². The summed E-state index contributed by atoms with van der Waals surface area (Å²) in [5.74, 6) is -0.230. The second kappa shape index (κ2) is 4.28. The molecule has 0 unspecified atom stereocenters. The summed E-state index contributed by atoms with van der Waals surface area (Å²) < 4.78 is 4.78. The fourth-order valence-electron chi connectivity index (χ4n) is 2.39. The average molecular weight is 201 g/mol. The molecular formula is C10H19NO3. The fourth-order valence-corrected chi connectivity index (χ4v) is 2.39. The number of ether oxygens (including phenoxy) is 1. The Morgan fingerprint density at radius 2 is 2.29 bits per heavy atom. The minimum Gasteiger partial charge on any atom is -0.469 e. The highest BCUT2D eigenvalue weighted by molar-refractivity contribution is 5.77. The largest absolute Gasteiger partial charge is 0.469 e. The van der Waals surface area contributed by atoms with Crippen molar-refractivity contribution in [2.75, 3.05) is 7.11 Å². The highest BCUT2D eigenvalue weighted by atomic mass is 16.5. The van der Waals surface area contributed by atoms with Crippen molar-refractivity contribution in [2.45, 2.75) is 44.8 Å². The van der Waals surface area contributed by atoms with Crippen molar-refractivity contribution >= 4 is 5.97 Å². The third-order valence-corrected chi connectivity index (χ3v) is 3.07. The first-order valence-corrected chi connectivity index (χ1v) is 5.08. The third kappa shape index (κ3) is 1.91. The van der Waals surface area contributed by atoms with Gasteiger partial charge in [-0.3, -0.25) is 4.79 Å². The van der Waals surface area contributed by atoms with E-state index in [1.165, 1.54) is 7.11 Å². The molecule has 1 fully saturated rings. The second-order valence-corrected chi connectivity index (χ2v) is 4.16. The molecule has 0 radical (unpaired) electrons. The van der Waals surface area contributed by atoms with Crippen molar-refractivity contribution in [1.82, 2.24) is 0 Å². The van der Waals surface area contributed by atoms with Crippen LogP contribution < -0.4 is 5.73 Å². The number of methoxy groups -OCH3 is 1. The number of hydrogen-bond donors (Lipinski definition) is 2. The molecule has 0 aliphatic heterocycles. The van der Waals surface area contributed by atoms with E-state index in [0.717, 1.165) is 12.8 Å². The lowest BCUT2D eigenvalue weighted by Gasteiger charge is -2.25. The number of aliphatic hydroxyl groups is 1. The van der Waals surface area contributed by atoms with Crippen molar-refractivity contribution in [1.29, 1.82) is 0 Å². The normalized spacial score (nSPS) is 37.1. The number of aliphatic hydroxyl groups excluding tert-OH is 1. The Morgan fingerprint density at radius 1 is 1.64 bits per heavy atom. The maximum atomic E-state index is 11.6. The molecule has 4 nitrogen and oxygen atoms in total. The lowest BCUT2D eigenvalue weighted by atomic mass is 9.81. The van der Waals surface area contributed by atoms with Crippen LogP contribution in [0, 0.1) is 5.41 Å². The van der Waals surface area contributed by atoms with Gasteiger partial charge in [-0.1, -0.05) is 13.3 Å². The van der Waals surface area contributed by atoms with Gasteiger partial charge in [-0.25, -0.2) is 0 Å². The van der Waals surface area contributed by atoms with Gasteiger partial charge in [0.1, 0.15) is 0 Å². The molecule has 1 aliphatic rings. The highest BCUT2D eigenvalue weighted by Gasteiger charge is 2.48. The molecule has 3 N–H and O–H groups in total. The van der Waals surface area contributed by atoms with E-state index in [4.69, 9.17) is 10.5 Å². The number of nitrogens with two attached hydrogens (primary N) is 1. The van der Waals surface area contributed by atoms with Gasteiger partial charge in [0.25, 0.3) is 0 Å². The van der Waals surface area contributed by atoms with Crippen molar-refractivity contribution < 1.29 is 14.6 Å². The van der Waals surface area contributed by atoms with Crippen LogP contribution in [0.1, 0.15) is 32.6 Å². The minimum absolute atomic E-state index is 0.230. The molecule has 0 amide bonds. The van der Waals surface area contributed by atoms with Crippen LogP contribution in [0.15, 0.2) is 0 Å². The van der Waals surface area contributed by atoms with Gasteiger partial charge >= 0.3 is 5.97 Å². The van der Waals surface area contributed by atoms with Crippen molar-refractivity contribution in [3.8, 4) is 0 Å². The number of esters is 1. The summed E-state index contributed by atoms with van der Waals surface area (Å²) in [6.45, 7) is 2.01. The van der Waals surface area contributed by atoms with Crippen LogP contribution in [0.5, 0.6) is 0 Å². The molecule has 82 valence electrons. The molecule has 3 atom stereocenters. The maximum Gasteiger partial charge on any atom is 0.311 e. The van der Waals surface area contributed by atoms with E-state index in [-0.39, 0.29) is 12.0 Å². The monoisotopic (exact) mass is 201 g/mol. The zero-order valence-electron chi connectivity index (χ0n) is 8.82. The Kier molecular flexibility index (Phi) is 3.50. The summed E-state index contributed by atoms with van der Waals surface area (Å²) in [6, 6.07) is -0.291. The molecule has 1 aliphatic carbocycles. The molecule has 1 saturated carbocycles. The Bertz CT molecular complexity index is 207.